The minimum Gasteiger partial charge on any atom is -0.386 e. The smallest absolute Gasteiger partial charge is 0.285 e. The summed E-state index contributed by atoms with van der Waals surface area (Å²) >= 11 is 3.31. The summed E-state index contributed by atoms with van der Waals surface area (Å²) in [6, 6.07) is 12.5. The second-order valence-corrected chi connectivity index (χ2v) is 8.48. The Morgan fingerprint density at radius 3 is 2.62 bits per heavy atom. The molecular formula is C18H18BrN3O3S. The van der Waals surface area contributed by atoms with Crippen molar-refractivity contribution in [3.8, 4) is 0 Å². The van der Waals surface area contributed by atoms with Crippen LogP contribution < -0.4 is 10.6 Å². The lowest BCUT2D eigenvalue weighted by molar-refractivity contribution is -0.116. The van der Waals surface area contributed by atoms with Gasteiger partial charge in [-0.2, -0.15) is 8.42 Å². The average Bonchev–Trinajstić information content (AvgIpc) is 2.97. The molecule has 0 aliphatic carbocycles. The molecule has 0 fully saturated rings. The van der Waals surface area contributed by atoms with Gasteiger partial charge in [0, 0.05) is 30.0 Å². The molecule has 2 aromatic rings. The van der Waals surface area contributed by atoms with Crippen LogP contribution in [0.5, 0.6) is 0 Å². The van der Waals surface area contributed by atoms with Crippen molar-refractivity contribution >= 4 is 43.4 Å². The summed E-state index contributed by atoms with van der Waals surface area (Å²) in [5.74, 6) is -0.117. The molecule has 0 radical (unpaired) electrons. The zero-order valence-electron chi connectivity index (χ0n) is 14.1. The zero-order chi connectivity index (χ0) is 18.9. The predicted molar refractivity (Wildman–Crippen MR) is 105 cm³/mol. The van der Waals surface area contributed by atoms with Crippen molar-refractivity contribution in [3.63, 3.8) is 0 Å². The number of sulfonamides is 1. The third kappa shape index (κ3) is 3.81. The highest BCUT2D eigenvalue weighted by molar-refractivity contribution is 9.10. The van der Waals surface area contributed by atoms with Crippen LogP contribution in [-0.2, 0) is 27.7 Å². The lowest BCUT2D eigenvalue weighted by Crippen LogP contribution is -2.26. The van der Waals surface area contributed by atoms with E-state index >= 15 is 0 Å². The van der Waals surface area contributed by atoms with Gasteiger partial charge in [0.15, 0.2) is 0 Å². The first-order valence-electron chi connectivity index (χ1n) is 8.01. The molecule has 1 amide bonds. The van der Waals surface area contributed by atoms with Crippen molar-refractivity contribution in [3.05, 3.63) is 58.1 Å². The summed E-state index contributed by atoms with van der Waals surface area (Å²) < 4.78 is 29.6. The fourth-order valence-electron chi connectivity index (χ4n) is 2.95. The number of carbonyl (C=O) groups excluding carboxylic acids is 1. The van der Waals surface area contributed by atoms with Crippen LogP contribution in [0.15, 0.2) is 56.2 Å². The molecule has 0 saturated carbocycles. The summed E-state index contributed by atoms with van der Waals surface area (Å²) in [4.78, 5) is 13.3. The van der Waals surface area contributed by atoms with E-state index in [1.54, 1.807) is 11.0 Å². The monoisotopic (exact) mass is 435 g/mol. The van der Waals surface area contributed by atoms with Gasteiger partial charge in [-0.1, -0.05) is 30.3 Å². The van der Waals surface area contributed by atoms with Gasteiger partial charge in [-0.3, -0.25) is 4.79 Å². The predicted octanol–water partition coefficient (Wildman–Crippen LogP) is 2.65. The molecule has 8 heteroatoms. The maximum absolute atomic E-state index is 12.7. The van der Waals surface area contributed by atoms with Gasteiger partial charge in [0.1, 0.15) is 10.7 Å². The first-order chi connectivity index (χ1) is 12.3. The number of nitrogens with two attached hydrogens (primary N) is 1. The Labute approximate surface area is 160 Å². The number of fused-ring (bicyclic) bond motifs is 1. The molecule has 136 valence electrons. The van der Waals surface area contributed by atoms with Gasteiger partial charge in [-0.05, 0) is 45.6 Å². The van der Waals surface area contributed by atoms with Crippen LogP contribution in [0.25, 0.3) is 0 Å². The van der Waals surface area contributed by atoms with Crippen molar-refractivity contribution in [2.75, 3.05) is 11.4 Å². The van der Waals surface area contributed by atoms with Crippen LogP contribution in [0.4, 0.5) is 5.69 Å². The van der Waals surface area contributed by atoms with Crippen molar-refractivity contribution in [1.82, 2.24) is 0 Å². The molecule has 0 saturated heterocycles. The number of amides is 1. The van der Waals surface area contributed by atoms with E-state index in [-0.39, 0.29) is 23.1 Å². The second-order valence-electron chi connectivity index (χ2n) is 6.05. The lowest BCUT2D eigenvalue weighted by atomic mass is 10.1. The topological polar surface area (TPSA) is 92.8 Å². The Balaban J connectivity index is 1.96. The molecule has 0 bridgehead atoms. The summed E-state index contributed by atoms with van der Waals surface area (Å²) in [5, 5.41) is 0. The molecule has 0 aromatic heterocycles. The molecule has 3 rings (SSSR count). The SMILES string of the molecule is CC(=O)N1CCc2cc(Br)c(S(=O)(=O)/N=C(\N)Cc3ccccc3)cc21. The fraction of sp³-hybridized carbons (Fsp3) is 0.222. The van der Waals surface area contributed by atoms with Crippen LogP contribution in [0, 0.1) is 0 Å². The maximum atomic E-state index is 12.7. The Morgan fingerprint density at radius 1 is 1.27 bits per heavy atom. The maximum Gasteiger partial charge on any atom is 0.285 e. The number of amidine groups is 1. The fourth-order valence-corrected chi connectivity index (χ4v) is 5.00. The van der Waals surface area contributed by atoms with Crippen molar-refractivity contribution in [1.29, 1.82) is 0 Å². The second kappa shape index (κ2) is 7.20. The van der Waals surface area contributed by atoms with Gasteiger partial charge in [-0.15, -0.1) is 4.40 Å². The molecule has 1 aliphatic rings. The van der Waals surface area contributed by atoms with E-state index in [0.29, 0.717) is 23.1 Å². The van der Waals surface area contributed by atoms with E-state index in [4.69, 9.17) is 5.73 Å². The molecular weight excluding hydrogens is 418 g/mol. The van der Waals surface area contributed by atoms with Gasteiger partial charge in [0.2, 0.25) is 5.91 Å². The summed E-state index contributed by atoms with van der Waals surface area (Å²) in [6.45, 7) is 2.00. The largest absolute Gasteiger partial charge is 0.386 e. The minimum absolute atomic E-state index is 0.000381. The van der Waals surface area contributed by atoms with Crippen LogP contribution in [0.3, 0.4) is 0 Å². The van der Waals surface area contributed by atoms with Gasteiger partial charge < -0.3 is 10.6 Å². The number of hydrogen-bond donors (Lipinski definition) is 1. The Bertz CT molecular complexity index is 988. The molecule has 1 heterocycles. The summed E-state index contributed by atoms with van der Waals surface area (Å²) in [5.41, 5.74) is 8.26. The van der Waals surface area contributed by atoms with E-state index in [2.05, 4.69) is 20.3 Å². The van der Waals surface area contributed by atoms with E-state index < -0.39 is 10.0 Å². The molecule has 2 N–H and O–H groups in total. The highest BCUT2D eigenvalue weighted by atomic mass is 79.9. The average molecular weight is 436 g/mol. The number of hydrogen-bond acceptors (Lipinski definition) is 3. The molecule has 2 aromatic carbocycles. The molecule has 0 spiro atoms. The standard InChI is InChI=1S/C18H18BrN3O3S/c1-12(23)22-8-7-14-10-15(19)17(11-16(14)22)26(24,25)21-18(20)9-13-5-3-2-4-6-13/h2-6,10-11H,7-9H2,1H3,(H2,20,21). The highest BCUT2D eigenvalue weighted by Gasteiger charge is 2.27. The highest BCUT2D eigenvalue weighted by Crippen LogP contribution is 2.36. The van der Waals surface area contributed by atoms with Crippen LogP contribution in [0.2, 0.25) is 0 Å². The summed E-state index contributed by atoms with van der Waals surface area (Å²) in [7, 11) is -4.00. The third-order valence-electron chi connectivity index (χ3n) is 4.15. The molecule has 0 unspecified atom stereocenters. The number of carbonyl (C=O) groups is 1. The van der Waals surface area contributed by atoms with Crippen LogP contribution in [0.1, 0.15) is 18.1 Å². The first-order valence-corrected chi connectivity index (χ1v) is 10.2. The van der Waals surface area contributed by atoms with E-state index in [9.17, 15) is 13.2 Å². The Morgan fingerprint density at radius 2 is 1.96 bits per heavy atom. The molecule has 26 heavy (non-hydrogen) atoms. The van der Waals surface area contributed by atoms with Crippen LogP contribution >= 0.6 is 15.9 Å². The number of benzene rings is 2. The van der Waals surface area contributed by atoms with Gasteiger partial charge in [-0.25, -0.2) is 0 Å². The van der Waals surface area contributed by atoms with Gasteiger partial charge >= 0.3 is 0 Å². The zero-order valence-corrected chi connectivity index (χ0v) is 16.5. The van der Waals surface area contributed by atoms with E-state index in [1.165, 1.54) is 13.0 Å². The first kappa shape index (κ1) is 18.6. The van der Waals surface area contributed by atoms with Crippen molar-refractivity contribution in [2.24, 2.45) is 10.1 Å². The quantitative estimate of drug-likeness (QED) is 0.589. The molecule has 6 nitrogen and oxygen atoms in total. The summed E-state index contributed by atoms with van der Waals surface area (Å²) in [6.07, 6.45) is 0.926. The number of anilines is 1. The molecule has 0 atom stereocenters. The Hall–Kier alpha value is -2.19. The van der Waals surface area contributed by atoms with Crippen LogP contribution in [-0.4, -0.2) is 26.7 Å². The number of nitrogens with zero attached hydrogens (tertiary/aromatic N) is 2. The van der Waals surface area contributed by atoms with Gasteiger partial charge in [0.25, 0.3) is 10.0 Å². The van der Waals surface area contributed by atoms with Crippen molar-refractivity contribution < 1.29 is 13.2 Å². The number of halogens is 1. The normalized spacial score (nSPS) is 14.4. The van der Waals surface area contributed by atoms with E-state index in [0.717, 1.165) is 11.1 Å². The Kier molecular flexibility index (Phi) is 5.15. The number of rotatable bonds is 4. The lowest BCUT2D eigenvalue weighted by Gasteiger charge is -2.16. The minimum atomic E-state index is -4.00. The van der Waals surface area contributed by atoms with Crippen molar-refractivity contribution in [2.45, 2.75) is 24.7 Å². The van der Waals surface area contributed by atoms with Gasteiger partial charge in [0.05, 0.1) is 0 Å². The third-order valence-corrected chi connectivity index (χ3v) is 6.44. The molecule has 1 aliphatic heterocycles. The van der Waals surface area contributed by atoms with E-state index in [1.807, 2.05) is 30.3 Å².